The van der Waals surface area contributed by atoms with E-state index in [2.05, 4.69) is 9.97 Å². The molecule has 1 fully saturated rings. The fraction of sp³-hybridized carbons (Fsp3) is 0.400. The van der Waals surface area contributed by atoms with Crippen LogP contribution in [0.2, 0.25) is 0 Å². The van der Waals surface area contributed by atoms with E-state index in [1.54, 1.807) is 12.3 Å². The summed E-state index contributed by atoms with van der Waals surface area (Å²) in [5, 5.41) is 20.6. The third-order valence-electron chi connectivity index (χ3n) is 7.27. The van der Waals surface area contributed by atoms with Crippen molar-refractivity contribution in [3.05, 3.63) is 52.8 Å². The number of hydrogen-bond donors (Lipinski definition) is 3. The van der Waals surface area contributed by atoms with Crippen LogP contribution in [0.4, 0.5) is 18.0 Å². The Morgan fingerprint density at radius 1 is 1.17 bits per heavy atom. The third-order valence-corrected chi connectivity index (χ3v) is 7.27. The number of hydrogen-bond acceptors (Lipinski definition) is 4. The van der Waals surface area contributed by atoms with Gasteiger partial charge in [-0.05, 0) is 72.7 Å². The first-order valence-electron chi connectivity index (χ1n) is 11.6. The van der Waals surface area contributed by atoms with E-state index in [0.29, 0.717) is 43.0 Å². The Labute approximate surface area is 204 Å². The molecular formula is C25H25F3N4O4. The molecule has 11 heteroatoms. The Bertz CT molecular complexity index is 1380. The van der Waals surface area contributed by atoms with Crippen LogP contribution < -0.4 is 0 Å². The summed E-state index contributed by atoms with van der Waals surface area (Å²) in [6, 6.07) is 5.13. The van der Waals surface area contributed by atoms with E-state index < -0.39 is 29.8 Å². The summed E-state index contributed by atoms with van der Waals surface area (Å²) in [7, 11) is 0. The van der Waals surface area contributed by atoms with Crippen molar-refractivity contribution in [1.82, 2.24) is 19.8 Å². The molecule has 190 valence electrons. The van der Waals surface area contributed by atoms with Crippen LogP contribution in [-0.2, 0) is 17.9 Å². The number of aromatic amines is 1. The average molecular weight is 502 g/mol. The summed E-state index contributed by atoms with van der Waals surface area (Å²) in [5.74, 6) is -1.44. The number of aliphatic hydroxyl groups is 1. The highest BCUT2D eigenvalue weighted by atomic mass is 19.4. The molecule has 3 aromatic rings. The number of rotatable bonds is 3. The second-order valence-corrected chi connectivity index (χ2v) is 9.66. The Balaban J connectivity index is 1.61. The zero-order valence-electron chi connectivity index (χ0n) is 19.7. The number of carbonyl (C=O) groups excluding carboxylic acids is 1. The van der Waals surface area contributed by atoms with Gasteiger partial charge in [0.15, 0.2) is 0 Å². The number of carbonyl (C=O) groups is 2. The van der Waals surface area contributed by atoms with Gasteiger partial charge < -0.3 is 25.0 Å². The van der Waals surface area contributed by atoms with Gasteiger partial charge in [0.05, 0.1) is 6.04 Å². The van der Waals surface area contributed by atoms with Crippen LogP contribution >= 0.6 is 0 Å². The standard InChI is InChI=1S/C25H25F3N4O4/c1-13-9-29-21-17(13)8-15(10-30-21)14-6-16-11-31(22(33)24(2,36)25(26,27)28)12-19(16)18(7-14)20-4-3-5-32(20)23(34)35/h6-10,20,36H,3-5,11-12H2,1-2H3,(H,29,30)(H,34,35)/t20-,24+/m0/s1. The molecule has 2 aliphatic rings. The second kappa shape index (κ2) is 8.22. The number of aryl methyl sites for hydroxylation is 1. The first-order chi connectivity index (χ1) is 16.9. The van der Waals surface area contributed by atoms with Crippen LogP contribution in [0.25, 0.3) is 22.2 Å². The Kier molecular flexibility index (Phi) is 5.51. The lowest BCUT2D eigenvalue weighted by Crippen LogP contribution is -2.54. The van der Waals surface area contributed by atoms with E-state index in [9.17, 15) is 33.0 Å². The number of amides is 2. The van der Waals surface area contributed by atoms with E-state index in [-0.39, 0.29) is 13.1 Å². The molecule has 2 atom stereocenters. The van der Waals surface area contributed by atoms with E-state index in [0.717, 1.165) is 32.6 Å². The molecule has 3 N–H and O–H groups in total. The number of nitrogens with zero attached hydrogens (tertiary/aromatic N) is 3. The summed E-state index contributed by atoms with van der Waals surface area (Å²) >= 11 is 0. The molecule has 8 nitrogen and oxygen atoms in total. The van der Waals surface area contributed by atoms with Gasteiger partial charge in [0.2, 0.25) is 5.60 Å². The lowest BCUT2D eigenvalue weighted by molar-refractivity contribution is -0.250. The maximum absolute atomic E-state index is 13.4. The fourth-order valence-corrected chi connectivity index (χ4v) is 5.19. The molecule has 36 heavy (non-hydrogen) atoms. The van der Waals surface area contributed by atoms with Crippen LogP contribution in [0.15, 0.2) is 30.6 Å². The number of nitrogens with one attached hydrogen (secondary N) is 1. The van der Waals surface area contributed by atoms with Crippen LogP contribution in [0.3, 0.4) is 0 Å². The Morgan fingerprint density at radius 3 is 2.61 bits per heavy atom. The maximum atomic E-state index is 13.4. The van der Waals surface area contributed by atoms with Crippen molar-refractivity contribution in [3.8, 4) is 11.1 Å². The molecule has 5 rings (SSSR count). The first kappa shape index (κ1) is 24.1. The lowest BCUT2D eigenvalue weighted by Gasteiger charge is -2.29. The molecule has 0 radical (unpaired) electrons. The summed E-state index contributed by atoms with van der Waals surface area (Å²) in [6.07, 6.45) is -1.47. The number of alkyl halides is 3. The van der Waals surface area contributed by atoms with Gasteiger partial charge in [0.25, 0.3) is 5.91 Å². The molecule has 2 amide bonds. The van der Waals surface area contributed by atoms with E-state index in [4.69, 9.17) is 0 Å². The van der Waals surface area contributed by atoms with Crippen molar-refractivity contribution in [2.24, 2.45) is 0 Å². The minimum atomic E-state index is -5.13. The largest absolute Gasteiger partial charge is 0.465 e. The predicted molar refractivity (Wildman–Crippen MR) is 124 cm³/mol. The Hall–Kier alpha value is -3.60. The van der Waals surface area contributed by atoms with Gasteiger partial charge in [-0.1, -0.05) is 0 Å². The molecule has 0 aliphatic carbocycles. The molecule has 1 saturated heterocycles. The molecule has 0 saturated carbocycles. The van der Waals surface area contributed by atoms with Crippen molar-refractivity contribution >= 4 is 23.0 Å². The monoisotopic (exact) mass is 502 g/mol. The van der Waals surface area contributed by atoms with Crippen molar-refractivity contribution in [1.29, 1.82) is 0 Å². The van der Waals surface area contributed by atoms with Gasteiger partial charge >= 0.3 is 12.3 Å². The molecule has 0 bridgehead atoms. The zero-order chi connectivity index (χ0) is 26.0. The zero-order valence-corrected chi connectivity index (χ0v) is 19.7. The fourth-order valence-electron chi connectivity index (χ4n) is 5.19. The molecule has 2 aliphatic heterocycles. The van der Waals surface area contributed by atoms with Crippen molar-refractivity contribution < 1.29 is 33.0 Å². The summed E-state index contributed by atoms with van der Waals surface area (Å²) in [5.41, 5.74) is 1.59. The number of pyridine rings is 1. The van der Waals surface area contributed by atoms with Crippen molar-refractivity contribution in [2.45, 2.75) is 57.6 Å². The summed E-state index contributed by atoms with van der Waals surface area (Å²) in [4.78, 5) is 34.5. The SMILES string of the molecule is Cc1c[nH]c2ncc(-c3cc4c(c([C@@H]5CCCN5C(=O)O)c3)CN(C(=O)[C@@](C)(O)C(F)(F)F)C4)cc12. The molecule has 0 unspecified atom stereocenters. The number of fused-ring (bicyclic) bond motifs is 2. The highest BCUT2D eigenvalue weighted by Gasteiger charge is 2.57. The summed E-state index contributed by atoms with van der Waals surface area (Å²) < 4.78 is 40.1. The predicted octanol–water partition coefficient (Wildman–Crippen LogP) is 4.51. The van der Waals surface area contributed by atoms with E-state index in [1.165, 1.54) is 4.90 Å². The number of carboxylic acid groups (broad SMARTS) is 1. The van der Waals surface area contributed by atoms with Crippen LogP contribution in [0, 0.1) is 6.92 Å². The highest BCUT2D eigenvalue weighted by Crippen LogP contribution is 2.42. The Morgan fingerprint density at radius 2 is 1.92 bits per heavy atom. The van der Waals surface area contributed by atoms with Gasteiger partial charge in [-0.15, -0.1) is 0 Å². The van der Waals surface area contributed by atoms with E-state index >= 15 is 0 Å². The quantitative estimate of drug-likeness (QED) is 0.488. The number of halogens is 3. The minimum Gasteiger partial charge on any atom is -0.465 e. The first-order valence-corrected chi connectivity index (χ1v) is 11.6. The highest BCUT2D eigenvalue weighted by molar-refractivity contribution is 5.87. The number of likely N-dealkylation sites (tertiary alicyclic amines) is 1. The van der Waals surface area contributed by atoms with Crippen LogP contribution in [0.1, 0.15) is 48.1 Å². The summed E-state index contributed by atoms with van der Waals surface area (Å²) in [6.45, 7) is 2.47. The van der Waals surface area contributed by atoms with Crippen LogP contribution in [-0.4, -0.2) is 60.3 Å². The number of aromatic nitrogens is 2. The lowest BCUT2D eigenvalue weighted by atomic mass is 9.91. The van der Waals surface area contributed by atoms with E-state index in [1.807, 2.05) is 25.3 Å². The topological polar surface area (TPSA) is 110 Å². The number of benzene rings is 1. The smallest absolute Gasteiger partial charge is 0.426 e. The average Bonchev–Trinajstić information content (AvgIpc) is 3.55. The normalized spacial score (nSPS) is 19.6. The van der Waals surface area contributed by atoms with Gasteiger partial charge in [0, 0.05) is 43.0 Å². The third kappa shape index (κ3) is 3.78. The maximum Gasteiger partial charge on any atom is 0.426 e. The molecule has 2 aromatic heterocycles. The molecule has 0 spiro atoms. The molecule has 4 heterocycles. The van der Waals surface area contributed by atoms with Gasteiger partial charge in [-0.2, -0.15) is 13.2 Å². The minimum absolute atomic E-state index is 0.125. The number of H-pyrrole nitrogens is 1. The van der Waals surface area contributed by atoms with Crippen molar-refractivity contribution in [2.75, 3.05) is 6.54 Å². The second-order valence-electron chi connectivity index (χ2n) is 9.66. The molecule has 1 aromatic carbocycles. The van der Waals surface area contributed by atoms with Crippen LogP contribution in [0.5, 0.6) is 0 Å². The van der Waals surface area contributed by atoms with Crippen molar-refractivity contribution in [3.63, 3.8) is 0 Å². The van der Waals surface area contributed by atoms with Gasteiger partial charge in [-0.25, -0.2) is 9.78 Å². The molecular weight excluding hydrogens is 477 g/mol. The van der Waals surface area contributed by atoms with Gasteiger partial charge in [0.1, 0.15) is 5.65 Å². The van der Waals surface area contributed by atoms with Gasteiger partial charge in [-0.3, -0.25) is 4.79 Å².